The van der Waals surface area contributed by atoms with Gasteiger partial charge in [-0.2, -0.15) is 4.31 Å². The van der Waals surface area contributed by atoms with Gasteiger partial charge in [0.2, 0.25) is 15.9 Å². The molecule has 1 aromatic heterocycles. The molecule has 2 aliphatic heterocycles. The third-order valence-electron chi connectivity index (χ3n) is 5.69. The number of amides is 1. The molecule has 1 N–H and O–H groups in total. The molecule has 4 rings (SSSR count). The van der Waals surface area contributed by atoms with Gasteiger partial charge in [-0.15, -0.1) is 10.2 Å². The predicted octanol–water partition coefficient (Wildman–Crippen LogP) is 1.94. The molecule has 2 saturated heterocycles. The molecule has 0 aliphatic carbocycles. The molecule has 9 nitrogen and oxygen atoms in total. The maximum Gasteiger partial charge on any atom is 0.243 e. The van der Waals surface area contributed by atoms with Gasteiger partial charge in [-0.05, 0) is 55.7 Å². The van der Waals surface area contributed by atoms with Crippen molar-refractivity contribution < 1.29 is 13.2 Å². The molecule has 31 heavy (non-hydrogen) atoms. The molecular weight excluding hydrogens is 416 g/mol. The van der Waals surface area contributed by atoms with Crippen LogP contribution in [-0.2, 0) is 14.8 Å². The highest BCUT2D eigenvalue weighted by molar-refractivity contribution is 7.89. The molecule has 10 heteroatoms. The zero-order valence-electron chi connectivity index (χ0n) is 17.7. The normalized spacial score (nSPS) is 18.1. The highest BCUT2D eigenvalue weighted by Crippen LogP contribution is 2.23. The van der Waals surface area contributed by atoms with Crippen molar-refractivity contribution in [3.63, 3.8) is 0 Å². The summed E-state index contributed by atoms with van der Waals surface area (Å²) in [4.78, 5) is 15.7. The molecule has 0 atom stereocenters. The zero-order chi connectivity index (χ0) is 21.8. The van der Waals surface area contributed by atoms with Crippen molar-refractivity contribution in [3.05, 3.63) is 36.4 Å². The van der Waals surface area contributed by atoms with Gasteiger partial charge in [0, 0.05) is 51.9 Å². The number of aromatic nitrogens is 2. The van der Waals surface area contributed by atoms with E-state index in [1.54, 1.807) is 12.1 Å². The molecule has 0 radical (unpaired) electrons. The molecule has 2 aromatic rings. The SMILES string of the molecule is CC(=O)Nc1ccc(S(=O)(=O)N2CCN(c3ccc(N4CCCCC4)nn3)CC2)cc1. The maximum atomic E-state index is 13.0. The van der Waals surface area contributed by atoms with Crippen molar-refractivity contribution in [1.29, 1.82) is 0 Å². The molecule has 0 unspecified atom stereocenters. The monoisotopic (exact) mass is 444 g/mol. The Morgan fingerprint density at radius 2 is 1.35 bits per heavy atom. The third-order valence-corrected chi connectivity index (χ3v) is 7.60. The van der Waals surface area contributed by atoms with Crippen LogP contribution in [0, 0.1) is 0 Å². The lowest BCUT2D eigenvalue weighted by molar-refractivity contribution is -0.114. The van der Waals surface area contributed by atoms with Gasteiger partial charge in [0.15, 0.2) is 11.6 Å². The van der Waals surface area contributed by atoms with E-state index in [0.717, 1.165) is 24.7 Å². The van der Waals surface area contributed by atoms with Crippen LogP contribution in [0.15, 0.2) is 41.3 Å². The van der Waals surface area contributed by atoms with Gasteiger partial charge in [-0.3, -0.25) is 4.79 Å². The van der Waals surface area contributed by atoms with Gasteiger partial charge in [0.1, 0.15) is 0 Å². The first-order valence-corrected chi connectivity index (χ1v) is 12.1. The van der Waals surface area contributed by atoms with E-state index < -0.39 is 10.0 Å². The quantitative estimate of drug-likeness (QED) is 0.752. The summed E-state index contributed by atoms with van der Waals surface area (Å²) in [6.07, 6.45) is 3.65. The van der Waals surface area contributed by atoms with Crippen LogP contribution in [0.1, 0.15) is 26.2 Å². The minimum Gasteiger partial charge on any atom is -0.355 e. The Labute approximate surface area is 183 Å². The Morgan fingerprint density at radius 1 is 0.806 bits per heavy atom. The fourth-order valence-corrected chi connectivity index (χ4v) is 5.42. The van der Waals surface area contributed by atoms with Crippen molar-refractivity contribution in [2.24, 2.45) is 0 Å². The molecule has 2 fully saturated rings. The summed E-state index contributed by atoms with van der Waals surface area (Å²) in [7, 11) is -3.58. The Balaban J connectivity index is 1.37. The first-order chi connectivity index (χ1) is 14.9. The number of nitrogens with one attached hydrogen (secondary N) is 1. The number of benzene rings is 1. The Bertz CT molecular complexity index is 996. The average Bonchev–Trinajstić information content (AvgIpc) is 2.80. The number of anilines is 3. The first kappa shape index (κ1) is 21.5. The second kappa shape index (κ2) is 9.19. The number of rotatable bonds is 5. The van der Waals surface area contributed by atoms with Crippen LogP contribution in [0.3, 0.4) is 0 Å². The maximum absolute atomic E-state index is 13.0. The number of hydrogen-bond acceptors (Lipinski definition) is 7. The summed E-state index contributed by atoms with van der Waals surface area (Å²) in [6, 6.07) is 10.2. The van der Waals surface area contributed by atoms with Gasteiger partial charge in [0.25, 0.3) is 0 Å². The molecule has 0 bridgehead atoms. The summed E-state index contributed by atoms with van der Waals surface area (Å²) in [5.74, 6) is 1.49. The molecule has 2 aliphatic rings. The number of carbonyl (C=O) groups is 1. The van der Waals surface area contributed by atoms with Crippen LogP contribution >= 0.6 is 0 Å². The lowest BCUT2D eigenvalue weighted by Crippen LogP contribution is -2.49. The fraction of sp³-hybridized carbons (Fsp3) is 0.476. The number of carbonyl (C=O) groups excluding carboxylic acids is 1. The van der Waals surface area contributed by atoms with E-state index in [9.17, 15) is 13.2 Å². The van der Waals surface area contributed by atoms with E-state index in [1.165, 1.54) is 42.6 Å². The van der Waals surface area contributed by atoms with Crippen LogP contribution < -0.4 is 15.1 Å². The lowest BCUT2D eigenvalue weighted by atomic mass is 10.1. The molecule has 0 spiro atoms. The summed E-state index contributed by atoms with van der Waals surface area (Å²) >= 11 is 0. The number of hydrogen-bond donors (Lipinski definition) is 1. The van der Waals surface area contributed by atoms with Crippen LogP contribution in [-0.4, -0.2) is 68.1 Å². The van der Waals surface area contributed by atoms with Crippen molar-refractivity contribution in [2.45, 2.75) is 31.1 Å². The number of piperidine rings is 1. The summed E-state index contributed by atoms with van der Waals surface area (Å²) in [5.41, 5.74) is 0.572. The minimum absolute atomic E-state index is 0.196. The highest BCUT2D eigenvalue weighted by atomic mass is 32.2. The van der Waals surface area contributed by atoms with E-state index in [-0.39, 0.29) is 10.8 Å². The molecule has 1 amide bonds. The van der Waals surface area contributed by atoms with Crippen molar-refractivity contribution in [3.8, 4) is 0 Å². The number of piperazine rings is 1. The predicted molar refractivity (Wildman–Crippen MR) is 120 cm³/mol. The van der Waals surface area contributed by atoms with Crippen molar-refractivity contribution >= 4 is 33.3 Å². The second-order valence-electron chi connectivity index (χ2n) is 7.89. The van der Waals surface area contributed by atoms with Crippen LogP contribution in [0.25, 0.3) is 0 Å². The lowest BCUT2D eigenvalue weighted by Gasteiger charge is -2.34. The summed E-state index contributed by atoms with van der Waals surface area (Å²) in [6.45, 7) is 5.33. The first-order valence-electron chi connectivity index (χ1n) is 10.6. The van der Waals surface area contributed by atoms with Gasteiger partial charge in [-0.1, -0.05) is 0 Å². The highest BCUT2D eigenvalue weighted by Gasteiger charge is 2.29. The summed E-state index contributed by atoms with van der Waals surface area (Å²) < 4.78 is 27.4. The molecule has 0 saturated carbocycles. The number of sulfonamides is 1. The van der Waals surface area contributed by atoms with Gasteiger partial charge < -0.3 is 15.1 Å². The van der Waals surface area contributed by atoms with E-state index in [2.05, 4.69) is 25.3 Å². The zero-order valence-corrected chi connectivity index (χ0v) is 18.5. The van der Waals surface area contributed by atoms with Crippen molar-refractivity contribution in [2.75, 3.05) is 54.4 Å². The Hall–Kier alpha value is -2.72. The van der Waals surface area contributed by atoms with Gasteiger partial charge in [-0.25, -0.2) is 8.42 Å². The van der Waals surface area contributed by atoms with Gasteiger partial charge >= 0.3 is 0 Å². The summed E-state index contributed by atoms with van der Waals surface area (Å²) in [5, 5.41) is 11.4. The smallest absolute Gasteiger partial charge is 0.243 e. The van der Waals surface area contributed by atoms with Crippen LogP contribution in [0.5, 0.6) is 0 Å². The van der Waals surface area contributed by atoms with E-state index in [1.807, 2.05) is 12.1 Å². The Kier molecular flexibility index (Phi) is 6.38. The topological polar surface area (TPSA) is 98.7 Å². The Morgan fingerprint density at radius 3 is 1.87 bits per heavy atom. The van der Waals surface area contributed by atoms with Gasteiger partial charge in [0.05, 0.1) is 4.90 Å². The van der Waals surface area contributed by atoms with Crippen LogP contribution in [0.2, 0.25) is 0 Å². The number of nitrogens with zero attached hydrogens (tertiary/aromatic N) is 5. The van der Waals surface area contributed by atoms with E-state index in [0.29, 0.717) is 31.9 Å². The van der Waals surface area contributed by atoms with E-state index >= 15 is 0 Å². The minimum atomic E-state index is -3.58. The second-order valence-corrected chi connectivity index (χ2v) is 9.83. The third kappa shape index (κ3) is 4.96. The van der Waals surface area contributed by atoms with E-state index in [4.69, 9.17) is 0 Å². The fourth-order valence-electron chi connectivity index (χ4n) is 4.00. The van der Waals surface area contributed by atoms with Crippen LogP contribution in [0.4, 0.5) is 17.3 Å². The molecule has 166 valence electrons. The largest absolute Gasteiger partial charge is 0.355 e. The molecular formula is C21H28N6O3S. The molecule has 1 aromatic carbocycles. The average molecular weight is 445 g/mol. The van der Waals surface area contributed by atoms with Crippen molar-refractivity contribution in [1.82, 2.24) is 14.5 Å². The standard InChI is InChI=1S/C21H28N6O3S/c1-17(28)22-18-5-7-19(8-6-18)31(29,30)27-15-13-26(14-16-27)21-10-9-20(23-24-21)25-11-3-2-4-12-25/h5-10H,2-4,11-16H2,1H3,(H,22,28). The molecule has 3 heterocycles.